The van der Waals surface area contributed by atoms with Gasteiger partial charge in [-0.2, -0.15) is 10.2 Å². The third-order valence-corrected chi connectivity index (χ3v) is 2.89. The standard InChI is InChI=1S/C12H18N6O/c1-3-4-18-11(14-8-16-18)5-10(19)12(13)9-6-15-17(2)7-9/h6-8,12H,3-5,13H2,1-2H3. The summed E-state index contributed by atoms with van der Waals surface area (Å²) < 4.78 is 3.37. The zero-order chi connectivity index (χ0) is 13.8. The maximum atomic E-state index is 12.1. The van der Waals surface area contributed by atoms with E-state index in [4.69, 9.17) is 5.73 Å². The first-order chi connectivity index (χ1) is 9.11. The van der Waals surface area contributed by atoms with Crippen LogP contribution in [0, 0.1) is 0 Å². The number of carbonyl (C=O) groups is 1. The van der Waals surface area contributed by atoms with E-state index in [-0.39, 0.29) is 12.2 Å². The molecule has 1 unspecified atom stereocenters. The number of nitrogens with two attached hydrogens (primary N) is 1. The summed E-state index contributed by atoms with van der Waals surface area (Å²) in [6.45, 7) is 2.80. The van der Waals surface area contributed by atoms with Crippen molar-refractivity contribution in [2.24, 2.45) is 12.8 Å². The Labute approximate surface area is 111 Å². The van der Waals surface area contributed by atoms with Gasteiger partial charge in [-0.15, -0.1) is 0 Å². The van der Waals surface area contributed by atoms with Crippen LogP contribution in [0.3, 0.4) is 0 Å². The Morgan fingerprint density at radius 1 is 1.47 bits per heavy atom. The minimum atomic E-state index is -0.666. The summed E-state index contributed by atoms with van der Waals surface area (Å²) in [6, 6.07) is -0.666. The fourth-order valence-corrected chi connectivity index (χ4v) is 1.88. The number of hydrogen-bond acceptors (Lipinski definition) is 5. The molecule has 0 saturated heterocycles. The zero-order valence-corrected chi connectivity index (χ0v) is 11.2. The molecule has 2 N–H and O–H groups in total. The number of carbonyl (C=O) groups excluding carboxylic acids is 1. The van der Waals surface area contributed by atoms with Crippen molar-refractivity contribution in [3.8, 4) is 0 Å². The molecule has 0 bridgehead atoms. The Bertz CT molecular complexity index is 558. The third kappa shape index (κ3) is 3.05. The van der Waals surface area contributed by atoms with E-state index in [0.29, 0.717) is 11.4 Å². The molecule has 2 rings (SSSR count). The molecule has 0 fully saturated rings. The number of rotatable bonds is 6. The second kappa shape index (κ2) is 5.75. The SMILES string of the molecule is CCCn1ncnc1CC(=O)C(N)c1cnn(C)c1. The number of nitrogens with zero attached hydrogens (tertiary/aromatic N) is 5. The molecule has 2 heterocycles. The van der Waals surface area contributed by atoms with Crippen molar-refractivity contribution in [2.45, 2.75) is 32.4 Å². The average Bonchev–Trinajstić information content (AvgIpc) is 2.99. The fraction of sp³-hybridized carbons (Fsp3) is 0.500. The van der Waals surface area contributed by atoms with Crippen molar-refractivity contribution in [2.75, 3.05) is 0 Å². The van der Waals surface area contributed by atoms with E-state index in [0.717, 1.165) is 13.0 Å². The summed E-state index contributed by atoms with van der Waals surface area (Å²) in [5.74, 6) is 0.574. The van der Waals surface area contributed by atoms with Crippen molar-refractivity contribution in [1.82, 2.24) is 24.5 Å². The molecule has 102 valence electrons. The van der Waals surface area contributed by atoms with Crippen LogP contribution in [-0.4, -0.2) is 30.3 Å². The van der Waals surface area contributed by atoms with Crippen LogP contribution in [0.1, 0.15) is 30.8 Å². The molecule has 0 aliphatic rings. The first-order valence-corrected chi connectivity index (χ1v) is 6.25. The van der Waals surface area contributed by atoms with Crippen LogP contribution >= 0.6 is 0 Å². The maximum absolute atomic E-state index is 12.1. The third-order valence-electron chi connectivity index (χ3n) is 2.89. The van der Waals surface area contributed by atoms with Gasteiger partial charge in [0.15, 0.2) is 5.78 Å². The molecular weight excluding hydrogens is 244 g/mol. The lowest BCUT2D eigenvalue weighted by Crippen LogP contribution is -2.24. The van der Waals surface area contributed by atoms with Crippen molar-refractivity contribution >= 4 is 5.78 Å². The zero-order valence-electron chi connectivity index (χ0n) is 11.2. The first kappa shape index (κ1) is 13.4. The molecule has 2 aromatic heterocycles. The predicted molar refractivity (Wildman–Crippen MR) is 69.2 cm³/mol. The Balaban J connectivity index is 2.06. The van der Waals surface area contributed by atoms with E-state index in [1.165, 1.54) is 6.33 Å². The quantitative estimate of drug-likeness (QED) is 0.804. The highest BCUT2D eigenvalue weighted by molar-refractivity contribution is 5.86. The van der Waals surface area contributed by atoms with Gasteiger partial charge in [0.2, 0.25) is 0 Å². The molecule has 0 amide bonds. The van der Waals surface area contributed by atoms with E-state index in [1.54, 1.807) is 28.8 Å². The molecule has 7 nitrogen and oxygen atoms in total. The van der Waals surface area contributed by atoms with Crippen molar-refractivity contribution in [3.63, 3.8) is 0 Å². The van der Waals surface area contributed by atoms with Crippen molar-refractivity contribution in [1.29, 1.82) is 0 Å². The summed E-state index contributed by atoms with van der Waals surface area (Å²) in [4.78, 5) is 16.2. The second-order valence-corrected chi connectivity index (χ2v) is 4.47. The second-order valence-electron chi connectivity index (χ2n) is 4.47. The van der Waals surface area contributed by atoms with E-state index >= 15 is 0 Å². The van der Waals surface area contributed by atoms with Crippen LogP contribution in [0.25, 0.3) is 0 Å². The molecule has 2 aromatic rings. The topological polar surface area (TPSA) is 91.6 Å². The van der Waals surface area contributed by atoms with Crippen molar-refractivity contribution in [3.05, 3.63) is 30.1 Å². The lowest BCUT2D eigenvalue weighted by Gasteiger charge is -2.08. The first-order valence-electron chi connectivity index (χ1n) is 6.25. The number of aryl methyl sites for hydroxylation is 2. The molecule has 7 heteroatoms. The van der Waals surface area contributed by atoms with E-state index in [9.17, 15) is 4.79 Å². The van der Waals surface area contributed by atoms with Gasteiger partial charge in [0.05, 0.1) is 18.7 Å². The lowest BCUT2D eigenvalue weighted by molar-refractivity contribution is -0.119. The number of hydrogen-bond donors (Lipinski definition) is 1. The minimum Gasteiger partial charge on any atom is -0.318 e. The monoisotopic (exact) mass is 262 g/mol. The highest BCUT2D eigenvalue weighted by atomic mass is 16.1. The Hall–Kier alpha value is -2.02. The highest BCUT2D eigenvalue weighted by Gasteiger charge is 2.19. The Kier molecular flexibility index (Phi) is 4.06. The molecule has 0 spiro atoms. The lowest BCUT2D eigenvalue weighted by atomic mass is 10.1. The van der Waals surface area contributed by atoms with E-state index < -0.39 is 6.04 Å². The van der Waals surface area contributed by atoms with Crippen LogP contribution in [-0.2, 0) is 24.8 Å². The fourth-order valence-electron chi connectivity index (χ4n) is 1.88. The van der Waals surface area contributed by atoms with Crippen LogP contribution in [0.4, 0.5) is 0 Å². The van der Waals surface area contributed by atoms with Gasteiger partial charge in [0.25, 0.3) is 0 Å². The van der Waals surface area contributed by atoms with E-state index in [1.807, 2.05) is 0 Å². The van der Waals surface area contributed by atoms with Gasteiger partial charge in [-0.05, 0) is 6.42 Å². The summed E-state index contributed by atoms with van der Waals surface area (Å²) >= 11 is 0. The summed E-state index contributed by atoms with van der Waals surface area (Å²) in [6.07, 6.45) is 5.96. The van der Waals surface area contributed by atoms with E-state index in [2.05, 4.69) is 22.1 Å². The molecule has 19 heavy (non-hydrogen) atoms. The minimum absolute atomic E-state index is 0.0849. The summed E-state index contributed by atoms with van der Waals surface area (Å²) in [5, 5.41) is 8.11. The molecule has 0 aliphatic carbocycles. The number of ketones is 1. The van der Waals surface area contributed by atoms with Gasteiger partial charge in [-0.25, -0.2) is 9.67 Å². The normalized spacial score (nSPS) is 12.6. The van der Waals surface area contributed by atoms with Gasteiger partial charge in [0, 0.05) is 25.4 Å². The van der Waals surface area contributed by atoms with Crippen LogP contribution in [0.15, 0.2) is 18.7 Å². The van der Waals surface area contributed by atoms with Crippen LogP contribution < -0.4 is 5.73 Å². The molecular formula is C12H18N6O. The Morgan fingerprint density at radius 2 is 2.26 bits per heavy atom. The van der Waals surface area contributed by atoms with Gasteiger partial charge < -0.3 is 5.73 Å². The van der Waals surface area contributed by atoms with Gasteiger partial charge in [-0.1, -0.05) is 6.92 Å². The van der Waals surface area contributed by atoms with Crippen molar-refractivity contribution < 1.29 is 4.79 Å². The number of aromatic nitrogens is 5. The molecule has 0 saturated carbocycles. The smallest absolute Gasteiger partial charge is 0.161 e. The molecule has 0 aromatic carbocycles. The van der Waals surface area contributed by atoms with Gasteiger partial charge in [-0.3, -0.25) is 9.48 Å². The number of Topliss-reactive ketones (excluding diaryl/α,β-unsaturated/α-hetero) is 1. The van der Waals surface area contributed by atoms with Gasteiger partial charge in [0.1, 0.15) is 12.2 Å². The molecule has 1 atom stereocenters. The maximum Gasteiger partial charge on any atom is 0.161 e. The van der Waals surface area contributed by atoms with Crippen LogP contribution in [0.2, 0.25) is 0 Å². The molecule has 0 aliphatic heterocycles. The van der Waals surface area contributed by atoms with Gasteiger partial charge >= 0.3 is 0 Å². The summed E-state index contributed by atoms with van der Waals surface area (Å²) in [7, 11) is 1.79. The Morgan fingerprint density at radius 3 is 2.89 bits per heavy atom. The largest absolute Gasteiger partial charge is 0.318 e. The highest BCUT2D eigenvalue weighted by Crippen LogP contribution is 2.12. The van der Waals surface area contributed by atoms with Crippen LogP contribution in [0.5, 0.6) is 0 Å². The predicted octanol–water partition coefficient (Wildman–Crippen LogP) is 0.233. The molecule has 0 radical (unpaired) electrons. The summed E-state index contributed by atoms with van der Waals surface area (Å²) in [5.41, 5.74) is 6.65. The average molecular weight is 262 g/mol.